The Morgan fingerprint density at radius 3 is 2.47 bits per heavy atom. The lowest BCUT2D eigenvalue weighted by molar-refractivity contribution is -0.166. The number of hydrogen-bond acceptors (Lipinski definition) is 2. The van der Waals surface area contributed by atoms with E-state index < -0.39 is 5.54 Å². The molecule has 0 spiro atoms. The maximum atomic E-state index is 14.1. The predicted molar refractivity (Wildman–Crippen MR) is 142 cm³/mol. The first-order valence-electron chi connectivity index (χ1n) is 12.4. The van der Waals surface area contributed by atoms with E-state index in [9.17, 15) is 9.59 Å². The molecule has 0 bridgehead atoms. The molecule has 36 heavy (non-hydrogen) atoms. The number of nitrogens with one attached hydrogen (secondary N) is 1. The summed E-state index contributed by atoms with van der Waals surface area (Å²) >= 11 is 6.02. The smallest absolute Gasteiger partial charge is 0.254 e. The Hall–Kier alpha value is -3.57. The maximum Gasteiger partial charge on any atom is 0.254 e. The van der Waals surface area contributed by atoms with Crippen molar-refractivity contribution in [3.63, 3.8) is 0 Å². The average molecular weight is 498 g/mol. The van der Waals surface area contributed by atoms with Crippen LogP contribution in [-0.2, 0) is 21.5 Å². The molecule has 1 aromatic heterocycles. The molecule has 4 aromatic rings. The lowest BCUT2D eigenvalue weighted by atomic mass is 9.76. The van der Waals surface area contributed by atoms with Crippen molar-refractivity contribution in [1.29, 1.82) is 0 Å². The van der Waals surface area contributed by atoms with Crippen LogP contribution < -0.4 is 0 Å². The van der Waals surface area contributed by atoms with Gasteiger partial charge in [0.25, 0.3) is 5.91 Å². The fourth-order valence-electron chi connectivity index (χ4n) is 5.87. The highest BCUT2D eigenvalue weighted by molar-refractivity contribution is 6.30. The number of carbonyl (C=O) groups is 2. The van der Waals surface area contributed by atoms with Crippen LogP contribution in [0.1, 0.15) is 40.8 Å². The fourth-order valence-corrected chi connectivity index (χ4v) is 6.00. The minimum absolute atomic E-state index is 0.0119. The quantitative estimate of drug-likeness (QED) is 0.410. The van der Waals surface area contributed by atoms with Crippen molar-refractivity contribution in [2.75, 3.05) is 19.6 Å². The first-order valence-corrected chi connectivity index (χ1v) is 12.8. The molecule has 182 valence electrons. The van der Waals surface area contributed by atoms with Gasteiger partial charge in [-0.25, -0.2) is 0 Å². The molecule has 1 fully saturated rings. The van der Waals surface area contributed by atoms with Crippen LogP contribution in [0.2, 0.25) is 5.02 Å². The molecule has 2 aliphatic heterocycles. The Balaban J connectivity index is 1.43. The van der Waals surface area contributed by atoms with Crippen molar-refractivity contribution in [3.05, 3.63) is 106 Å². The summed E-state index contributed by atoms with van der Waals surface area (Å²) in [6.45, 7) is 5.03. The van der Waals surface area contributed by atoms with Gasteiger partial charge < -0.3 is 14.8 Å². The van der Waals surface area contributed by atoms with Crippen LogP contribution in [0.25, 0.3) is 10.9 Å². The van der Waals surface area contributed by atoms with E-state index in [2.05, 4.69) is 42.2 Å². The number of H-pyrrole nitrogens is 1. The molecule has 0 unspecified atom stereocenters. The van der Waals surface area contributed by atoms with E-state index in [0.29, 0.717) is 24.5 Å². The van der Waals surface area contributed by atoms with Crippen LogP contribution in [-0.4, -0.2) is 46.2 Å². The van der Waals surface area contributed by atoms with Crippen molar-refractivity contribution in [3.8, 4) is 0 Å². The third kappa shape index (κ3) is 3.53. The summed E-state index contributed by atoms with van der Waals surface area (Å²) in [6, 6.07) is 24.3. The third-order valence-corrected chi connectivity index (χ3v) is 8.13. The van der Waals surface area contributed by atoms with E-state index in [1.165, 1.54) is 5.56 Å². The Morgan fingerprint density at radius 2 is 1.72 bits per heavy atom. The number of benzene rings is 3. The van der Waals surface area contributed by atoms with Crippen LogP contribution in [0.3, 0.4) is 0 Å². The van der Waals surface area contributed by atoms with E-state index in [4.69, 9.17) is 11.6 Å². The second kappa shape index (κ2) is 8.52. The van der Waals surface area contributed by atoms with Gasteiger partial charge in [0.2, 0.25) is 5.91 Å². The van der Waals surface area contributed by atoms with Crippen LogP contribution in [0.4, 0.5) is 0 Å². The van der Waals surface area contributed by atoms with Gasteiger partial charge in [0.1, 0.15) is 0 Å². The van der Waals surface area contributed by atoms with Crippen molar-refractivity contribution in [2.45, 2.75) is 31.7 Å². The lowest BCUT2D eigenvalue weighted by Crippen LogP contribution is -2.67. The third-order valence-electron chi connectivity index (χ3n) is 7.88. The summed E-state index contributed by atoms with van der Waals surface area (Å²) < 4.78 is 0. The van der Waals surface area contributed by atoms with Gasteiger partial charge in [-0.05, 0) is 55.2 Å². The number of fused-ring (bicyclic) bond motifs is 5. The standard InChI is InChI=1S/C30H28ClN3O2/c1-19-7-11-21(12-8-19)24-17-34-26(35)18-33(16-15-20-9-13-22(31)14-10-20)29(36)30(34,2)28-27(24)23-5-3-4-6-25(23)32-28/h3-14,24,32H,15-18H2,1-2H3/t24-,30-/m0/s1. The number of piperazine rings is 1. The molecule has 2 aliphatic rings. The van der Waals surface area contributed by atoms with Crippen LogP contribution >= 0.6 is 11.6 Å². The molecule has 6 rings (SSSR count). The molecule has 1 saturated heterocycles. The number of aromatic nitrogens is 1. The van der Waals surface area contributed by atoms with Gasteiger partial charge in [-0.2, -0.15) is 0 Å². The number of amides is 2. The number of para-hydroxylation sites is 1. The van der Waals surface area contributed by atoms with E-state index in [1.54, 1.807) is 9.80 Å². The Kier molecular flexibility index (Phi) is 5.41. The van der Waals surface area contributed by atoms with Gasteiger partial charge in [0, 0.05) is 34.9 Å². The summed E-state index contributed by atoms with van der Waals surface area (Å²) in [5.74, 6) is -0.0666. The zero-order chi connectivity index (χ0) is 25.0. The maximum absolute atomic E-state index is 14.1. The van der Waals surface area contributed by atoms with Crippen molar-refractivity contribution in [1.82, 2.24) is 14.8 Å². The number of aryl methyl sites for hydroxylation is 1. The largest absolute Gasteiger partial charge is 0.356 e. The van der Waals surface area contributed by atoms with Gasteiger partial charge in [0.05, 0.1) is 12.2 Å². The van der Waals surface area contributed by atoms with Crippen molar-refractivity contribution in [2.24, 2.45) is 0 Å². The van der Waals surface area contributed by atoms with Crippen molar-refractivity contribution >= 4 is 34.3 Å². The minimum Gasteiger partial charge on any atom is -0.356 e. The Bertz CT molecular complexity index is 1470. The van der Waals surface area contributed by atoms with Gasteiger partial charge in [-0.1, -0.05) is 71.8 Å². The topological polar surface area (TPSA) is 56.4 Å². The first kappa shape index (κ1) is 22.9. The lowest BCUT2D eigenvalue weighted by Gasteiger charge is -2.51. The summed E-state index contributed by atoms with van der Waals surface area (Å²) in [5.41, 5.74) is 5.29. The Morgan fingerprint density at radius 1 is 1.00 bits per heavy atom. The molecule has 5 nitrogen and oxygen atoms in total. The molecule has 3 heterocycles. The normalized spacial score (nSPS) is 21.6. The van der Waals surface area contributed by atoms with Crippen molar-refractivity contribution < 1.29 is 9.59 Å². The van der Waals surface area contributed by atoms with Gasteiger partial charge in [0.15, 0.2) is 5.54 Å². The number of aromatic amines is 1. The molecule has 6 heteroatoms. The number of nitrogens with zero attached hydrogens (tertiary/aromatic N) is 2. The first-order chi connectivity index (χ1) is 17.4. The van der Waals surface area contributed by atoms with Gasteiger partial charge in [-0.3, -0.25) is 9.59 Å². The molecule has 0 aliphatic carbocycles. The Labute approximate surface area is 215 Å². The van der Waals surface area contributed by atoms with Gasteiger partial charge in [-0.15, -0.1) is 0 Å². The molecular formula is C30H28ClN3O2. The second-order valence-electron chi connectivity index (χ2n) is 10.1. The zero-order valence-electron chi connectivity index (χ0n) is 20.4. The summed E-state index contributed by atoms with van der Waals surface area (Å²) in [4.78, 5) is 34.8. The summed E-state index contributed by atoms with van der Waals surface area (Å²) in [7, 11) is 0. The number of carbonyl (C=O) groups excluding carboxylic acids is 2. The summed E-state index contributed by atoms with van der Waals surface area (Å²) in [6.07, 6.45) is 0.665. The number of halogens is 1. The summed E-state index contributed by atoms with van der Waals surface area (Å²) in [5, 5.41) is 1.79. The molecule has 2 amide bonds. The van der Waals surface area contributed by atoms with Crippen LogP contribution in [0.15, 0.2) is 72.8 Å². The van der Waals surface area contributed by atoms with Gasteiger partial charge >= 0.3 is 0 Å². The molecular weight excluding hydrogens is 470 g/mol. The SMILES string of the molecule is Cc1ccc([C@@H]2CN3C(=O)CN(CCc4ccc(Cl)cc4)C(=O)[C@]3(C)c3[nH]c4ccccc4c32)cc1. The minimum atomic E-state index is -1.08. The predicted octanol–water partition coefficient (Wildman–Crippen LogP) is 5.40. The van der Waals surface area contributed by atoms with E-state index >= 15 is 0 Å². The molecule has 0 saturated carbocycles. The number of hydrogen-bond donors (Lipinski definition) is 1. The molecule has 0 radical (unpaired) electrons. The second-order valence-corrected chi connectivity index (χ2v) is 10.5. The van der Waals surface area contributed by atoms with Crippen LogP contribution in [0, 0.1) is 6.92 Å². The molecule has 3 aromatic carbocycles. The monoisotopic (exact) mass is 497 g/mol. The van der Waals surface area contributed by atoms with E-state index in [-0.39, 0.29) is 24.3 Å². The fraction of sp³-hybridized carbons (Fsp3) is 0.267. The molecule has 2 atom stereocenters. The van der Waals surface area contributed by atoms with E-state index in [1.807, 2.05) is 49.4 Å². The zero-order valence-corrected chi connectivity index (χ0v) is 21.2. The highest BCUT2D eigenvalue weighted by atomic mass is 35.5. The highest BCUT2D eigenvalue weighted by Gasteiger charge is 2.56. The highest BCUT2D eigenvalue weighted by Crippen LogP contribution is 2.48. The average Bonchev–Trinajstić information content (AvgIpc) is 3.28. The molecule has 1 N–H and O–H groups in total. The number of rotatable bonds is 4. The van der Waals surface area contributed by atoms with Crippen LogP contribution in [0.5, 0.6) is 0 Å². The van der Waals surface area contributed by atoms with E-state index in [0.717, 1.165) is 33.3 Å².